The van der Waals surface area contributed by atoms with E-state index < -0.39 is 11.4 Å². The summed E-state index contributed by atoms with van der Waals surface area (Å²) in [6.07, 6.45) is 7.87. The molecule has 3 unspecified atom stereocenters. The average molecular weight is 280 g/mol. The normalized spacial score (nSPS) is 39.6. The maximum Gasteiger partial charge on any atom is 0.310 e. The second-order valence-electron chi connectivity index (χ2n) is 7.02. The van der Waals surface area contributed by atoms with Gasteiger partial charge in [0.2, 0.25) is 0 Å². The van der Waals surface area contributed by atoms with E-state index in [1.807, 2.05) is 6.92 Å². The Kier molecular flexibility index (Phi) is 4.04. The molecule has 0 spiro atoms. The third-order valence-electron chi connectivity index (χ3n) is 6.05. The Bertz CT molecular complexity index is 373. The average Bonchev–Trinajstić information content (AvgIpc) is 2.94. The maximum atomic E-state index is 11.7. The van der Waals surface area contributed by atoms with Crippen LogP contribution in [0.25, 0.3) is 0 Å². The van der Waals surface area contributed by atoms with Crippen molar-refractivity contribution < 1.29 is 9.90 Å². The van der Waals surface area contributed by atoms with Gasteiger partial charge in [-0.3, -0.25) is 9.69 Å². The van der Waals surface area contributed by atoms with Gasteiger partial charge in [-0.25, -0.2) is 0 Å². The lowest BCUT2D eigenvalue weighted by molar-refractivity contribution is -0.154. The van der Waals surface area contributed by atoms with Gasteiger partial charge in [0.05, 0.1) is 5.41 Å². The Morgan fingerprint density at radius 2 is 1.90 bits per heavy atom. The monoisotopic (exact) mass is 280 g/mol. The summed E-state index contributed by atoms with van der Waals surface area (Å²) >= 11 is 0. The second kappa shape index (κ2) is 5.64. The molecule has 0 aromatic heterocycles. The van der Waals surface area contributed by atoms with Crippen LogP contribution in [0.15, 0.2) is 0 Å². The zero-order valence-corrected chi connectivity index (χ0v) is 12.7. The zero-order valence-electron chi connectivity index (χ0n) is 12.7. The highest BCUT2D eigenvalue weighted by molar-refractivity contribution is 5.75. The van der Waals surface area contributed by atoms with Crippen molar-refractivity contribution in [3.05, 3.63) is 0 Å². The molecule has 3 aliphatic rings. The minimum atomic E-state index is -0.581. The van der Waals surface area contributed by atoms with Crippen molar-refractivity contribution in [3.63, 3.8) is 0 Å². The molecule has 0 saturated carbocycles. The first-order valence-corrected chi connectivity index (χ1v) is 8.36. The minimum Gasteiger partial charge on any atom is -0.481 e. The molecule has 114 valence electrons. The third kappa shape index (κ3) is 2.48. The van der Waals surface area contributed by atoms with Crippen molar-refractivity contribution in [1.29, 1.82) is 0 Å². The molecule has 3 rings (SSSR count). The molecule has 20 heavy (non-hydrogen) atoms. The van der Waals surface area contributed by atoms with Crippen molar-refractivity contribution in [2.75, 3.05) is 26.2 Å². The lowest BCUT2D eigenvalue weighted by Gasteiger charge is -2.46. The number of aliphatic carboxylic acids is 1. The smallest absolute Gasteiger partial charge is 0.310 e. The lowest BCUT2D eigenvalue weighted by atomic mass is 9.76. The van der Waals surface area contributed by atoms with Crippen molar-refractivity contribution in [2.45, 2.75) is 64.0 Å². The van der Waals surface area contributed by atoms with Gasteiger partial charge in [-0.2, -0.15) is 0 Å². The summed E-state index contributed by atoms with van der Waals surface area (Å²) in [7, 11) is 0. The van der Waals surface area contributed by atoms with E-state index in [0.717, 1.165) is 38.4 Å². The van der Waals surface area contributed by atoms with E-state index in [0.29, 0.717) is 6.04 Å². The first-order chi connectivity index (χ1) is 9.64. The standard InChI is InChI=1S/C16H28N2O2/c1-2-16(15(19)20)7-4-9-18(12-16)14-6-10-17-8-3-5-13(17)11-14/h13-14H,2-12H2,1H3,(H,19,20). The summed E-state index contributed by atoms with van der Waals surface area (Å²) < 4.78 is 0. The molecule has 3 aliphatic heterocycles. The molecular weight excluding hydrogens is 252 g/mol. The minimum absolute atomic E-state index is 0.481. The third-order valence-corrected chi connectivity index (χ3v) is 6.05. The maximum absolute atomic E-state index is 11.7. The molecule has 0 radical (unpaired) electrons. The van der Waals surface area contributed by atoms with Gasteiger partial charge in [-0.15, -0.1) is 0 Å². The highest BCUT2D eigenvalue weighted by atomic mass is 16.4. The van der Waals surface area contributed by atoms with Crippen LogP contribution in [0.2, 0.25) is 0 Å². The van der Waals surface area contributed by atoms with Gasteiger partial charge in [-0.1, -0.05) is 6.92 Å². The van der Waals surface area contributed by atoms with Gasteiger partial charge < -0.3 is 10.0 Å². The van der Waals surface area contributed by atoms with E-state index in [4.69, 9.17) is 0 Å². The number of carboxylic acid groups (broad SMARTS) is 1. The van der Waals surface area contributed by atoms with Gasteiger partial charge in [-0.05, 0) is 64.6 Å². The number of piperidine rings is 2. The first kappa shape index (κ1) is 14.3. The van der Waals surface area contributed by atoms with E-state index in [1.165, 1.54) is 38.8 Å². The first-order valence-electron chi connectivity index (χ1n) is 8.36. The Hall–Kier alpha value is -0.610. The van der Waals surface area contributed by atoms with Crippen LogP contribution in [0.1, 0.15) is 51.9 Å². The molecule has 4 nitrogen and oxygen atoms in total. The second-order valence-corrected chi connectivity index (χ2v) is 7.02. The Morgan fingerprint density at radius 1 is 1.15 bits per heavy atom. The van der Waals surface area contributed by atoms with E-state index in [2.05, 4.69) is 9.80 Å². The van der Waals surface area contributed by atoms with Crippen LogP contribution >= 0.6 is 0 Å². The number of nitrogens with zero attached hydrogens (tertiary/aromatic N) is 2. The van der Waals surface area contributed by atoms with E-state index in [9.17, 15) is 9.90 Å². The fourth-order valence-corrected chi connectivity index (χ4v) is 4.63. The molecule has 3 heterocycles. The highest BCUT2D eigenvalue weighted by Crippen LogP contribution is 2.37. The van der Waals surface area contributed by atoms with E-state index >= 15 is 0 Å². The van der Waals surface area contributed by atoms with Crippen LogP contribution in [0.3, 0.4) is 0 Å². The lowest BCUT2D eigenvalue weighted by Crippen LogP contribution is -2.54. The largest absolute Gasteiger partial charge is 0.481 e. The van der Waals surface area contributed by atoms with Gasteiger partial charge >= 0.3 is 5.97 Å². The molecule has 0 aromatic carbocycles. The van der Waals surface area contributed by atoms with Crippen molar-refractivity contribution in [3.8, 4) is 0 Å². The topological polar surface area (TPSA) is 43.8 Å². The fraction of sp³-hybridized carbons (Fsp3) is 0.938. The van der Waals surface area contributed by atoms with E-state index in [-0.39, 0.29) is 0 Å². The number of carboxylic acids is 1. The molecule has 3 fully saturated rings. The van der Waals surface area contributed by atoms with Crippen molar-refractivity contribution in [2.24, 2.45) is 5.41 Å². The molecule has 1 N–H and O–H groups in total. The molecule has 3 atom stereocenters. The van der Waals surface area contributed by atoms with Crippen molar-refractivity contribution in [1.82, 2.24) is 9.80 Å². The molecule has 0 bridgehead atoms. The fourth-order valence-electron chi connectivity index (χ4n) is 4.63. The number of carbonyl (C=O) groups is 1. The van der Waals surface area contributed by atoms with Crippen LogP contribution in [-0.4, -0.2) is 59.1 Å². The number of likely N-dealkylation sites (tertiary alicyclic amines) is 1. The van der Waals surface area contributed by atoms with Crippen LogP contribution in [-0.2, 0) is 4.79 Å². The molecule has 0 amide bonds. The SMILES string of the molecule is CCC1(C(=O)O)CCCN(C2CCN3CCCC3C2)C1. The summed E-state index contributed by atoms with van der Waals surface area (Å²) in [5.41, 5.74) is -0.481. The van der Waals surface area contributed by atoms with Crippen molar-refractivity contribution >= 4 is 5.97 Å². The van der Waals surface area contributed by atoms with Gasteiger partial charge in [0.25, 0.3) is 0 Å². The Balaban J connectivity index is 1.66. The molecule has 0 aliphatic carbocycles. The quantitative estimate of drug-likeness (QED) is 0.860. The number of hydrogen-bond donors (Lipinski definition) is 1. The molecule has 0 aromatic rings. The molecule has 4 heteroatoms. The number of fused-ring (bicyclic) bond motifs is 1. The van der Waals surface area contributed by atoms with Crippen LogP contribution < -0.4 is 0 Å². The van der Waals surface area contributed by atoms with Gasteiger partial charge in [0, 0.05) is 18.6 Å². The summed E-state index contributed by atoms with van der Waals surface area (Å²) in [5.74, 6) is -0.581. The number of hydrogen-bond acceptors (Lipinski definition) is 3. The zero-order chi connectivity index (χ0) is 14.2. The molecular formula is C16H28N2O2. The van der Waals surface area contributed by atoms with Gasteiger partial charge in [0.15, 0.2) is 0 Å². The van der Waals surface area contributed by atoms with Crippen LogP contribution in [0, 0.1) is 5.41 Å². The predicted octanol–water partition coefficient (Wildman–Crippen LogP) is 2.19. The Labute approximate surface area is 122 Å². The summed E-state index contributed by atoms with van der Waals surface area (Å²) in [4.78, 5) is 16.8. The summed E-state index contributed by atoms with van der Waals surface area (Å²) in [6, 6.07) is 1.40. The van der Waals surface area contributed by atoms with Gasteiger partial charge in [0.1, 0.15) is 0 Å². The predicted molar refractivity (Wildman–Crippen MR) is 78.8 cm³/mol. The summed E-state index contributed by atoms with van der Waals surface area (Å²) in [6.45, 7) is 6.42. The van der Waals surface area contributed by atoms with E-state index in [1.54, 1.807) is 0 Å². The summed E-state index contributed by atoms with van der Waals surface area (Å²) in [5, 5.41) is 9.62. The Morgan fingerprint density at radius 3 is 2.65 bits per heavy atom. The van der Waals surface area contributed by atoms with Crippen LogP contribution in [0.4, 0.5) is 0 Å². The molecule has 3 saturated heterocycles. The van der Waals surface area contributed by atoms with Crippen LogP contribution in [0.5, 0.6) is 0 Å². The highest BCUT2D eigenvalue weighted by Gasteiger charge is 2.43. The number of rotatable bonds is 3.